The predicted octanol–water partition coefficient (Wildman–Crippen LogP) is 3.53. The summed E-state index contributed by atoms with van der Waals surface area (Å²) < 4.78 is 10.9. The number of amides is 1. The maximum Gasteiger partial charge on any atom is 0.233 e. The summed E-state index contributed by atoms with van der Waals surface area (Å²) in [5, 5.41) is 0. The fraction of sp³-hybridized carbons (Fsp3) is 0.381. The molecule has 5 nitrogen and oxygen atoms in total. The van der Waals surface area contributed by atoms with Crippen LogP contribution in [0.1, 0.15) is 6.92 Å². The fourth-order valence-electron chi connectivity index (χ4n) is 3.12. The highest BCUT2D eigenvalue weighted by molar-refractivity contribution is 8.00. The van der Waals surface area contributed by atoms with Crippen molar-refractivity contribution in [2.45, 2.75) is 11.8 Å². The zero-order valence-corrected chi connectivity index (χ0v) is 16.7. The predicted molar refractivity (Wildman–Crippen MR) is 110 cm³/mol. The van der Waals surface area contributed by atoms with Crippen LogP contribution >= 0.6 is 11.8 Å². The molecule has 0 radical (unpaired) electrons. The van der Waals surface area contributed by atoms with E-state index in [0.717, 1.165) is 48.3 Å². The maximum absolute atomic E-state index is 12.5. The monoisotopic (exact) mass is 386 g/mol. The minimum atomic E-state index is 0.188. The standard InChI is InChI=1S/C21H26N2O3S/c1-3-26-17-8-10-18(11-9-17)27-16-21(24)23-14-12-22(13-15-23)19-6-4-5-7-20(19)25-2/h4-11H,3,12-16H2,1-2H3. The number of nitrogens with zero attached hydrogens (tertiary/aromatic N) is 2. The van der Waals surface area contributed by atoms with E-state index in [4.69, 9.17) is 9.47 Å². The Kier molecular flexibility index (Phi) is 6.87. The van der Waals surface area contributed by atoms with Gasteiger partial charge in [-0.3, -0.25) is 4.79 Å². The maximum atomic E-state index is 12.5. The van der Waals surface area contributed by atoms with E-state index in [2.05, 4.69) is 11.0 Å². The molecule has 0 atom stereocenters. The number of carbonyl (C=O) groups is 1. The molecule has 2 aromatic rings. The molecule has 1 fully saturated rings. The Morgan fingerprint density at radius 1 is 1.04 bits per heavy atom. The summed E-state index contributed by atoms with van der Waals surface area (Å²) in [5.41, 5.74) is 1.09. The Bertz CT molecular complexity index is 743. The number of methoxy groups -OCH3 is 1. The van der Waals surface area contributed by atoms with Gasteiger partial charge in [0.15, 0.2) is 0 Å². The minimum absolute atomic E-state index is 0.188. The molecule has 0 spiro atoms. The van der Waals surface area contributed by atoms with E-state index in [-0.39, 0.29) is 5.91 Å². The number of para-hydroxylation sites is 2. The second-order valence-corrected chi connectivity index (χ2v) is 7.28. The number of rotatable bonds is 7. The highest BCUT2D eigenvalue weighted by Crippen LogP contribution is 2.28. The summed E-state index contributed by atoms with van der Waals surface area (Å²) in [6, 6.07) is 15.9. The van der Waals surface area contributed by atoms with Crippen LogP contribution in [-0.4, -0.2) is 56.5 Å². The van der Waals surface area contributed by atoms with Crippen molar-refractivity contribution in [2.24, 2.45) is 0 Å². The van der Waals surface area contributed by atoms with Gasteiger partial charge in [-0.05, 0) is 43.3 Å². The molecule has 27 heavy (non-hydrogen) atoms. The number of anilines is 1. The molecule has 2 aromatic carbocycles. The summed E-state index contributed by atoms with van der Waals surface area (Å²) in [6.45, 7) is 5.74. The van der Waals surface area contributed by atoms with Gasteiger partial charge in [0.1, 0.15) is 11.5 Å². The molecule has 1 aliphatic heterocycles. The van der Waals surface area contributed by atoms with Gasteiger partial charge < -0.3 is 19.3 Å². The molecule has 3 rings (SSSR count). The molecule has 0 aliphatic carbocycles. The summed E-state index contributed by atoms with van der Waals surface area (Å²) in [6.07, 6.45) is 0. The van der Waals surface area contributed by atoms with E-state index >= 15 is 0 Å². The van der Waals surface area contributed by atoms with Crippen LogP contribution in [-0.2, 0) is 4.79 Å². The van der Waals surface area contributed by atoms with Crippen molar-refractivity contribution in [1.29, 1.82) is 0 Å². The third-order valence-corrected chi connectivity index (χ3v) is 5.55. The van der Waals surface area contributed by atoms with Gasteiger partial charge in [-0.15, -0.1) is 11.8 Å². The Morgan fingerprint density at radius 2 is 1.74 bits per heavy atom. The van der Waals surface area contributed by atoms with E-state index in [1.54, 1.807) is 18.9 Å². The highest BCUT2D eigenvalue weighted by atomic mass is 32.2. The van der Waals surface area contributed by atoms with Crippen molar-refractivity contribution in [3.8, 4) is 11.5 Å². The average molecular weight is 387 g/mol. The van der Waals surface area contributed by atoms with Gasteiger partial charge in [-0.1, -0.05) is 12.1 Å². The largest absolute Gasteiger partial charge is 0.495 e. The second-order valence-electron chi connectivity index (χ2n) is 6.23. The summed E-state index contributed by atoms with van der Waals surface area (Å²) in [4.78, 5) is 17.9. The second kappa shape index (κ2) is 9.55. The number of piperazine rings is 1. The third kappa shape index (κ3) is 5.10. The number of ether oxygens (including phenoxy) is 2. The molecule has 0 unspecified atom stereocenters. The molecule has 144 valence electrons. The first kappa shape index (κ1) is 19.4. The molecule has 0 saturated carbocycles. The summed E-state index contributed by atoms with van der Waals surface area (Å²) in [7, 11) is 1.69. The van der Waals surface area contributed by atoms with Gasteiger partial charge in [0.2, 0.25) is 5.91 Å². The molecule has 1 saturated heterocycles. The average Bonchev–Trinajstić information content (AvgIpc) is 2.73. The van der Waals surface area contributed by atoms with Gasteiger partial charge in [0, 0.05) is 31.1 Å². The van der Waals surface area contributed by atoms with Crippen LogP contribution in [0.15, 0.2) is 53.4 Å². The van der Waals surface area contributed by atoms with Crippen LogP contribution in [0, 0.1) is 0 Å². The van der Waals surface area contributed by atoms with Crippen LogP contribution < -0.4 is 14.4 Å². The molecule has 1 amide bonds. The Labute approximate surface area is 165 Å². The lowest BCUT2D eigenvalue weighted by Gasteiger charge is -2.36. The number of benzene rings is 2. The van der Waals surface area contributed by atoms with E-state index in [1.165, 1.54) is 0 Å². The van der Waals surface area contributed by atoms with E-state index in [1.807, 2.05) is 54.3 Å². The van der Waals surface area contributed by atoms with E-state index in [9.17, 15) is 4.79 Å². The van der Waals surface area contributed by atoms with Crippen molar-refractivity contribution in [3.05, 3.63) is 48.5 Å². The summed E-state index contributed by atoms with van der Waals surface area (Å²) >= 11 is 1.57. The van der Waals surface area contributed by atoms with Crippen molar-refractivity contribution >= 4 is 23.4 Å². The van der Waals surface area contributed by atoms with E-state index < -0.39 is 0 Å². The first-order chi connectivity index (χ1) is 13.2. The lowest BCUT2D eigenvalue weighted by Crippen LogP contribution is -2.49. The van der Waals surface area contributed by atoms with Gasteiger partial charge in [0.25, 0.3) is 0 Å². The van der Waals surface area contributed by atoms with Crippen molar-refractivity contribution in [1.82, 2.24) is 4.90 Å². The zero-order valence-electron chi connectivity index (χ0n) is 15.9. The number of carbonyl (C=O) groups excluding carboxylic acids is 1. The van der Waals surface area contributed by atoms with Crippen LogP contribution in [0.4, 0.5) is 5.69 Å². The molecule has 1 aliphatic rings. The fourth-order valence-corrected chi connectivity index (χ4v) is 3.92. The van der Waals surface area contributed by atoms with E-state index in [0.29, 0.717) is 12.4 Å². The summed E-state index contributed by atoms with van der Waals surface area (Å²) in [5.74, 6) is 2.39. The number of thioether (sulfide) groups is 1. The topological polar surface area (TPSA) is 42.0 Å². The molecule has 6 heteroatoms. The normalized spacial score (nSPS) is 14.1. The first-order valence-electron chi connectivity index (χ1n) is 9.22. The SMILES string of the molecule is CCOc1ccc(SCC(=O)N2CCN(c3ccccc3OC)CC2)cc1. The lowest BCUT2D eigenvalue weighted by atomic mass is 10.2. The van der Waals surface area contributed by atoms with Crippen LogP contribution in [0.5, 0.6) is 11.5 Å². The zero-order chi connectivity index (χ0) is 19.1. The minimum Gasteiger partial charge on any atom is -0.495 e. The number of hydrogen-bond acceptors (Lipinski definition) is 5. The van der Waals surface area contributed by atoms with Crippen molar-refractivity contribution < 1.29 is 14.3 Å². The van der Waals surface area contributed by atoms with Crippen LogP contribution in [0.25, 0.3) is 0 Å². The molecule has 0 bridgehead atoms. The molecular formula is C21H26N2O3S. The van der Waals surface area contributed by atoms with Crippen molar-refractivity contribution in [3.63, 3.8) is 0 Å². The third-order valence-electron chi connectivity index (χ3n) is 4.56. The highest BCUT2D eigenvalue weighted by Gasteiger charge is 2.22. The van der Waals surface area contributed by atoms with Gasteiger partial charge in [-0.2, -0.15) is 0 Å². The lowest BCUT2D eigenvalue weighted by molar-refractivity contribution is -0.128. The van der Waals surface area contributed by atoms with Gasteiger partial charge in [0.05, 0.1) is 25.2 Å². The Hall–Kier alpha value is -2.34. The van der Waals surface area contributed by atoms with Gasteiger partial charge in [-0.25, -0.2) is 0 Å². The van der Waals surface area contributed by atoms with Gasteiger partial charge >= 0.3 is 0 Å². The van der Waals surface area contributed by atoms with Crippen molar-refractivity contribution in [2.75, 3.05) is 50.5 Å². The molecular weight excluding hydrogens is 360 g/mol. The first-order valence-corrected chi connectivity index (χ1v) is 10.2. The Morgan fingerprint density at radius 3 is 2.41 bits per heavy atom. The Balaban J connectivity index is 1.48. The molecule has 0 aromatic heterocycles. The van der Waals surface area contributed by atoms with Crippen LogP contribution in [0.3, 0.4) is 0 Å². The number of hydrogen-bond donors (Lipinski definition) is 0. The quantitative estimate of drug-likeness (QED) is 0.681. The molecule has 0 N–H and O–H groups in total. The smallest absolute Gasteiger partial charge is 0.233 e. The molecule has 1 heterocycles. The van der Waals surface area contributed by atoms with Crippen LogP contribution in [0.2, 0.25) is 0 Å².